The highest BCUT2D eigenvalue weighted by Crippen LogP contribution is 2.35. The summed E-state index contributed by atoms with van der Waals surface area (Å²) in [7, 11) is 0. The number of fused-ring (bicyclic) bond motifs is 1. The third-order valence-corrected chi connectivity index (χ3v) is 4.38. The number of hydrogen-bond donors (Lipinski definition) is 2. The Hall–Kier alpha value is -3.54. The Morgan fingerprint density at radius 1 is 0.963 bits per heavy atom. The molecule has 0 saturated carbocycles. The summed E-state index contributed by atoms with van der Waals surface area (Å²) in [6.07, 6.45) is 3.22. The quantitative estimate of drug-likeness (QED) is 0.719. The molecule has 136 valence electrons. The van der Waals surface area contributed by atoms with Crippen LogP contribution in [0.4, 0.5) is 17.1 Å². The number of nitrogens with one attached hydrogen (secondary N) is 2. The third kappa shape index (κ3) is 3.55. The number of carbonyl (C=O) groups is 1. The molecule has 2 heterocycles. The fourth-order valence-corrected chi connectivity index (χ4v) is 2.97. The average molecular weight is 361 g/mol. The number of ether oxygens (including phenoxy) is 2. The summed E-state index contributed by atoms with van der Waals surface area (Å²) in [6, 6.07) is 13.3. The Labute approximate surface area is 157 Å². The zero-order valence-corrected chi connectivity index (χ0v) is 15.1. The monoisotopic (exact) mass is 361 g/mol. The number of nitrogens with zero attached hydrogens (tertiary/aromatic N) is 1. The van der Waals surface area contributed by atoms with Crippen LogP contribution in [0.5, 0.6) is 11.5 Å². The summed E-state index contributed by atoms with van der Waals surface area (Å²) in [5.41, 5.74) is 4.88. The van der Waals surface area contributed by atoms with Crippen molar-refractivity contribution >= 4 is 23.0 Å². The largest absolute Gasteiger partial charge is 0.454 e. The fourth-order valence-electron chi connectivity index (χ4n) is 2.97. The van der Waals surface area contributed by atoms with Crippen LogP contribution in [0, 0.1) is 13.8 Å². The first-order valence-electron chi connectivity index (χ1n) is 8.59. The minimum absolute atomic E-state index is 0.200. The number of pyridine rings is 1. The molecule has 1 aromatic heterocycles. The van der Waals surface area contributed by atoms with E-state index in [4.69, 9.17) is 9.47 Å². The first-order valence-corrected chi connectivity index (χ1v) is 8.59. The maximum absolute atomic E-state index is 12.7. The highest BCUT2D eigenvalue weighted by Gasteiger charge is 2.14. The Bertz CT molecular complexity index is 997. The first-order chi connectivity index (χ1) is 13.1. The highest BCUT2D eigenvalue weighted by atomic mass is 16.7. The molecule has 0 radical (unpaired) electrons. The zero-order chi connectivity index (χ0) is 18.8. The van der Waals surface area contributed by atoms with Crippen LogP contribution in [0.1, 0.15) is 21.5 Å². The van der Waals surface area contributed by atoms with Crippen LogP contribution in [-0.4, -0.2) is 17.7 Å². The maximum Gasteiger partial charge on any atom is 0.257 e. The Balaban J connectivity index is 1.53. The van der Waals surface area contributed by atoms with E-state index in [2.05, 4.69) is 15.6 Å². The second-order valence-corrected chi connectivity index (χ2v) is 6.38. The number of amides is 1. The van der Waals surface area contributed by atoms with E-state index in [1.165, 1.54) is 0 Å². The molecule has 0 atom stereocenters. The van der Waals surface area contributed by atoms with Gasteiger partial charge in [0.2, 0.25) is 6.79 Å². The molecule has 6 heteroatoms. The van der Waals surface area contributed by atoms with Crippen molar-refractivity contribution in [2.24, 2.45) is 0 Å². The molecule has 0 aliphatic carbocycles. The molecule has 0 unspecified atom stereocenters. The van der Waals surface area contributed by atoms with E-state index in [1.807, 2.05) is 50.2 Å². The van der Waals surface area contributed by atoms with E-state index in [-0.39, 0.29) is 12.7 Å². The summed E-state index contributed by atoms with van der Waals surface area (Å²) < 4.78 is 10.7. The van der Waals surface area contributed by atoms with Gasteiger partial charge < -0.3 is 20.1 Å². The molecule has 4 rings (SSSR count). The Morgan fingerprint density at radius 3 is 2.56 bits per heavy atom. The van der Waals surface area contributed by atoms with E-state index < -0.39 is 0 Å². The van der Waals surface area contributed by atoms with Crippen LogP contribution in [0.15, 0.2) is 54.9 Å². The molecule has 0 bridgehead atoms. The van der Waals surface area contributed by atoms with Crippen LogP contribution < -0.4 is 20.1 Å². The van der Waals surface area contributed by atoms with Gasteiger partial charge in [0.1, 0.15) is 0 Å². The zero-order valence-electron chi connectivity index (χ0n) is 15.1. The minimum Gasteiger partial charge on any atom is -0.454 e. The molecule has 0 saturated heterocycles. The third-order valence-electron chi connectivity index (χ3n) is 4.38. The van der Waals surface area contributed by atoms with Crippen molar-refractivity contribution in [1.82, 2.24) is 4.98 Å². The number of anilines is 3. The summed E-state index contributed by atoms with van der Waals surface area (Å²) in [6.45, 7) is 4.17. The molecule has 3 aromatic rings. The van der Waals surface area contributed by atoms with Gasteiger partial charge >= 0.3 is 0 Å². The van der Waals surface area contributed by atoms with Crippen molar-refractivity contribution in [3.8, 4) is 11.5 Å². The lowest BCUT2D eigenvalue weighted by Crippen LogP contribution is -2.14. The summed E-state index contributed by atoms with van der Waals surface area (Å²) in [4.78, 5) is 16.8. The van der Waals surface area contributed by atoms with Gasteiger partial charge in [0.25, 0.3) is 5.91 Å². The molecular formula is C21H19N3O3. The molecule has 1 amide bonds. The molecule has 27 heavy (non-hydrogen) atoms. The predicted molar refractivity (Wildman–Crippen MR) is 104 cm³/mol. The normalized spacial score (nSPS) is 11.9. The van der Waals surface area contributed by atoms with Gasteiger partial charge in [-0.05, 0) is 43.2 Å². The summed E-state index contributed by atoms with van der Waals surface area (Å²) in [5.74, 6) is 1.21. The van der Waals surface area contributed by atoms with Crippen LogP contribution >= 0.6 is 0 Å². The molecule has 0 fully saturated rings. The number of aryl methyl sites for hydroxylation is 2. The van der Waals surface area contributed by atoms with Crippen molar-refractivity contribution < 1.29 is 14.3 Å². The smallest absolute Gasteiger partial charge is 0.257 e. The van der Waals surface area contributed by atoms with Crippen LogP contribution in [0.25, 0.3) is 0 Å². The number of carbonyl (C=O) groups excluding carboxylic acids is 1. The van der Waals surface area contributed by atoms with Gasteiger partial charge in [-0.1, -0.05) is 18.2 Å². The molecule has 0 spiro atoms. The van der Waals surface area contributed by atoms with Gasteiger partial charge in [-0.2, -0.15) is 0 Å². The van der Waals surface area contributed by atoms with Crippen LogP contribution in [0.2, 0.25) is 0 Å². The van der Waals surface area contributed by atoms with Crippen molar-refractivity contribution in [1.29, 1.82) is 0 Å². The lowest BCUT2D eigenvalue weighted by atomic mass is 10.1. The first kappa shape index (κ1) is 16.9. The fraction of sp³-hybridized carbons (Fsp3) is 0.143. The highest BCUT2D eigenvalue weighted by molar-refractivity contribution is 6.05. The lowest BCUT2D eigenvalue weighted by molar-refractivity contribution is 0.102. The van der Waals surface area contributed by atoms with Gasteiger partial charge in [-0.25, -0.2) is 0 Å². The Morgan fingerprint density at radius 2 is 1.74 bits per heavy atom. The van der Waals surface area contributed by atoms with Gasteiger partial charge in [0, 0.05) is 23.6 Å². The number of benzene rings is 2. The van der Waals surface area contributed by atoms with E-state index in [0.29, 0.717) is 17.0 Å². The van der Waals surface area contributed by atoms with Crippen molar-refractivity contribution in [2.75, 3.05) is 17.4 Å². The number of rotatable bonds is 4. The molecule has 1 aliphatic heterocycles. The van der Waals surface area contributed by atoms with Crippen molar-refractivity contribution in [3.05, 3.63) is 71.5 Å². The number of para-hydroxylation sites is 1. The van der Waals surface area contributed by atoms with Gasteiger partial charge in [0.15, 0.2) is 11.5 Å². The van der Waals surface area contributed by atoms with Gasteiger partial charge in [0.05, 0.1) is 17.4 Å². The second kappa shape index (κ2) is 6.99. The topological polar surface area (TPSA) is 72.5 Å². The molecule has 6 nitrogen and oxygen atoms in total. The number of aromatic nitrogens is 1. The van der Waals surface area contributed by atoms with E-state index >= 15 is 0 Å². The van der Waals surface area contributed by atoms with Gasteiger partial charge in [-0.3, -0.25) is 9.78 Å². The molecule has 2 aromatic carbocycles. The Kier molecular flexibility index (Phi) is 4.38. The van der Waals surface area contributed by atoms with Crippen LogP contribution in [0.3, 0.4) is 0 Å². The van der Waals surface area contributed by atoms with Crippen molar-refractivity contribution in [2.45, 2.75) is 13.8 Å². The number of hydrogen-bond acceptors (Lipinski definition) is 5. The lowest BCUT2D eigenvalue weighted by Gasteiger charge is -2.12. The van der Waals surface area contributed by atoms with E-state index in [9.17, 15) is 4.79 Å². The standard InChI is InChI=1S/C21H19N3O3/c1-13-4-3-5-14(2)20(13)24-21(25)15-8-17(11-22-10-15)23-16-6-7-18-19(9-16)27-12-26-18/h3-11,23H,12H2,1-2H3,(H,24,25). The van der Waals surface area contributed by atoms with E-state index in [0.717, 1.165) is 28.3 Å². The van der Waals surface area contributed by atoms with Gasteiger partial charge in [-0.15, -0.1) is 0 Å². The average Bonchev–Trinajstić information content (AvgIpc) is 3.13. The van der Waals surface area contributed by atoms with Crippen molar-refractivity contribution in [3.63, 3.8) is 0 Å². The summed E-state index contributed by atoms with van der Waals surface area (Å²) >= 11 is 0. The predicted octanol–water partition coefficient (Wildman–Crippen LogP) is 4.42. The van der Waals surface area contributed by atoms with E-state index in [1.54, 1.807) is 18.5 Å². The SMILES string of the molecule is Cc1cccc(C)c1NC(=O)c1cncc(Nc2ccc3c(c2)OCO3)c1. The molecular weight excluding hydrogens is 342 g/mol. The summed E-state index contributed by atoms with van der Waals surface area (Å²) in [5, 5.41) is 6.21. The maximum atomic E-state index is 12.7. The second-order valence-electron chi connectivity index (χ2n) is 6.38. The minimum atomic E-state index is -0.200. The van der Waals surface area contributed by atoms with Crippen LogP contribution in [-0.2, 0) is 0 Å². The molecule has 2 N–H and O–H groups in total. The molecule has 1 aliphatic rings.